The van der Waals surface area contributed by atoms with Crippen molar-refractivity contribution in [2.75, 3.05) is 18.2 Å². The van der Waals surface area contributed by atoms with Gasteiger partial charge in [0, 0.05) is 21.9 Å². The minimum Gasteiger partial charge on any atom is -0.497 e. The van der Waals surface area contributed by atoms with E-state index in [1.165, 1.54) is 19.2 Å². The first kappa shape index (κ1) is 15.3. The number of amides is 1. The maximum absolute atomic E-state index is 14.0. The van der Waals surface area contributed by atoms with Gasteiger partial charge in [-0.1, -0.05) is 15.9 Å². The number of aryl methyl sites for hydroxylation is 1. The predicted molar refractivity (Wildman–Crippen MR) is 84.2 cm³/mol. The molecule has 21 heavy (non-hydrogen) atoms. The highest BCUT2D eigenvalue weighted by molar-refractivity contribution is 9.10. The number of carbonyl (C=O) groups is 1. The Morgan fingerprint density at radius 3 is 2.67 bits per heavy atom. The average molecular weight is 353 g/mol. The van der Waals surface area contributed by atoms with Crippen LogP contribution in [0.3, 0.4) is 0 Å². The summed E-state index contributed by atoms with van der Waals surface area (Å²) in [6.45, 7) is 1.56. The maximum Gasteiger partial charge on any atom is 0.258 e. The van der Waals surface area contributed by atoms with Gasteiger partial charge in [0.05, 0.1) is 12.7 Å². The number of benzene rings is 2. The third kappa shape index (κ3) is 3.52. The van der Waals surface area contributed by atoms with E-state index in [1.807, 2.05) is 0 Å². The molecular weight excluding hydrogens is 339 g/mol. The van der Waals surface area contributed by atoms with E-state index in [2.05, 4.69) is 21.2 Å². The number of hydrogen-bond acceptors (Lipinski definition) is 3. The normalized spacial score (nSPS) is 10.3. The van der Waals surface area contributed by atoms with E-state index in [-0.39, 0.29) is 5.56 Å². The Kier molecular flexibility index (Phi) is 4.47. The van der Waals surface area contributed by atoms with E-state index in [0.29, 0.717) is 22.7 Å². The van der Waals surface area contributed by atoms with Gasteiger partial charge in [0.1, 0.15) is 11.6 Å². The number of rotatable bonds is 3. The molecule has 0 heterocycles. The number of carbonyl (C=O) groups excluding carboxylic acids is 1. The highest BCUT2D eigenvalue weighted by Gasteiger charge is 2.15. The van der Waals surface area contributed by atoms with Crippen LogP contribution in [0, 0.1) is 12.7 Å². The fourth-order valence-electron chi connectivity index (χ4n) is 1.91. The lowest BCUT2D eigenvalue weighted by Gasteiger charge is -2.10. The molecule has 2 rings (SSSR count). The molecule has 0 saturated carbocycles. The number of hydrogen-bond donors (Lipinski definition) is 2. The van der Waals surface area contributed by atoms with Gasteiger partial charge in [-0.2, -0.15) is 0 Å². The Bertz CT molecular complexity index is 704. The van der Waals surface area contributed by atoms with E-state index in [9.17, 15) is 9.18 Å². The minimum absolute atomic E-state index is 0.0913. The summed E-state index contributed by atoms with van der Waals surface area (Å²) in [7, 11) is 1.52. The third-order valence-electron chi connectivity index (χ3n) is 2.89. The lowest BCUT2D eigenvalue weighted by Crippen LogP contribution is -2.15. The average Bonchev–Trinajstić information content (AvgIpc) is 2.41. The van der Waals surface area contributed by atoms with Crippen molar-refractivity contribution in [3.63, 3.8) is 0 Å². The standard InChI is InChI=1S/C15H14BrFN2O2/c1-8-3-10(18)6-13(14(8)17)15(20)19-11-4-9(16)5-12(7-11)21-2/h3-7H,18H2,1-2H3,(H,19,20). The molecule has 0 spiro atoms. The van der Waals surface area contributed by atoms with Gasteiger partial charge >= 0.3 is 0 Å². The molecule has 2 aromatic carbocycles. The lowest BCUT2D eigenvalue weighted by molar-refractivity contribution is 0.102. The molecule has 2 aromatic rings. The summed E-state index contributed by atoms with van der Waals surface area (Å²) in [5.74, 6) is -0.574. The molecule has 0 aliphatic heterocycles. The van der Waals surface area contributed by atoms with Gasteiger partial charge in [-0.15, -0.1) is 0 Å². The van der Waals surface area contributed by atoms with E-state index < -0.39 is 11.7 Å². The molecule has 0 radical (unpaired) electrons. The van der Waals surface area contributed by atoms with Crippen LogP contribution in [-0.4, -0.2) is 13.0 Å². The first-order chi connectivity index (χ1) is 9.90. The minimum atomic E-state index is -0.580. The van der Waals surface area contributed by atoms with Gasteiger partial charge in [0.15, 0.2) is 0 Å². The Morgan fingerprint density at radius 2 is 2.00 bits per heavy atom. The molecule has 0 atom stereocenters. The third-order valence-corrected chi connectivity index (χ3v) is 3.34. The Balaban J connectivity index is 2.32. The largest absolute Gasteiger partial charge is 0.497 e. The quantitative estimate of drug-likeness (QED) is 0.827. The number of nitrogens with one attached hydrogen (secondary N) is 1. The van der Waals surface area contributed by atoms with Gasteiger partial charge in [0.25, 0.3) is 5.91 Å². The first-order valence-electron chi connectivity index (χ1n) is 6.12. The van der Waals surface area contributed by atoms with E-state index in [4.69, 9.17) is 10.5 Å². The molecule has 0 saturated heterocycles. The highest BCUT2D eigenvalue weighted by atomic mass is 79.9. The summed E-state index contributed by atoms with van der Waals surface area (Å²) in [4.78, 5) is 12.2. The van der Waals surface area contributed by atoms with Crippen molar-refractivity contribution >= 4 is 33.2 Å². The summed E-state index contributed by atoms with van der Waals surface area (Å²) in [5, 5.41) is 2.62. The lowest BCUT2D eigenvalue weighted by atomic mass is 10.1. The topological polar surface area (TPSA) is 64.3 Å². The van der Waals surface area contributed by atoms with Crippen LogP contribution in [-0.2, 0) is 0 Å². The van der Waals surface area contributed by atoms with Crippen LogP contribution < -0.4 is 15.8 Å². The van der Waals surface area contributed by atoms with Crippen LogP contribution in [0.2, 0.25) is 0 Å². The molecule has 0 fully saturated rings. The van der Waals surface area contributed by atoms with E-state index in [0.717, 1.165) is 4.47 Å². The maximum atomic E-state index is 14.0. The summed E-state index contributed by atoms with van der Waals surface area (Å²) in [6, 6.07) is 7.87. The van der Waals surface area contributed by atoms with Crippen LogP contribution in [0.5, 0.6) is 5.75 Å². The molecular formula is C15H14BrFN2O2. The van der Waals surface area contributed by atoms with Crippen molar-refractivity contribution < 1.29 is 13.9 Å². The Hall–Kier alpha value is -2.08. The van der Waals surface area contributed by atoms with E-state index in [1.54, 1.807) is 25.1 Å². The second-order valence-electron chi connectivity index (χ2n) is 4.53. The highest BCUT2D eigenvalue weighted by Crippen LogP contribution is 2.25. The number of anilines is 2. The van der Waals surface area contributed by atoms with Crippen molar-refractivity contribution in [2.45, 2.75) is 6.92 Å². The van der Waals surface area contributed by atoms with Crippen LogP contribution in [0.1, 0.15) is 15.9 Å². The summed E-state index contributed by atoms with van der Waals surface area (Å²) >= 11 is 3.31. The number of halogens is 2. The van der Waals surface area contributed by atoms with Crippen molar-refractivity contribution in [2.24, 2.45) is 0 Å². The molecule has 0 bridgehead atoms. The van der Waals surface area contributed by atoms with Crippen LogP contribution >= 0.6 is 15.9 Å². The second-order valence-corrected chi connectivity index (χ2v) is 5.45. The van der Waals surface area contributed by atoms with E-state index >= 15 is 0 Å². The van der Waals surface area contributed by atoms with Gasteiger partial charge in [-0.25, -0.2) is 4.39 Å². The van der Waals surface area contributed by atoms with Crippen LogP contribution in [0.25, 0.3) is 0 Å². The van der Waals surface area contributed by atoms with Crippen molar-refractivity contribution in [3.05, 3.63) is 51.7 Å². The number of nitrogens with two attached hydrogens (primary N) is 1. The monoisotopic (exact) mass is 352 g/mol. The fraction of sp³-hybridized carbons (Fsp3) is 0.133. The molecule has 0 aliphatic carbocycles. The summed E-state index contributed by atoms with van der Waals surface area (Å²) in [6.07, 6.45) is 0. The molecule has 0 aliphatic rings. The van der Waals surface area contributed by atoms with Crippen LogP contribution in [0.15, 0.2) is 34.8 Å². The Labute approximate surface area is 130 Å². The van der Waals surface area contributed by atoms with Gasteiger partial charge in [-0.3, -0.25) is 4.79 Å². The molecule has 0 aromatic heterocycles. The summed E-state index contributed by atoms with van der Waals surface area (Å²) in [5.41, 5.74) is 6.72. The zero-order valence-electron chi connectivity index (χ0n) is 11.5. The van der Waals surface area contributed by atoms with Crippen molar-refractivity contribution in [1.29, 1.82) is 0 Å². The number of ether oxygens (including phenoxy) is 1. The molecule has 0 unspecified atom stereocenters. The summed E-state index contributed by atoms with van der Waals surface area (Å²) < 4.78 is 19.9. The second kappa shape index (κ2) is 6.13. The molecule has 3 N–H and O–H groups in total. The molecule has 6 heteroatoms. The SMILES string of the molecule is COc1cc(Br)cc(NC(=O)c2cc(N)cc(C)c2F)c1. The fourth-order valence-corrected chi connectivity index (χ4v) is 2.39. The molecule has 4 nitrogen and oxygen atoms in total. The molecule has 110 valence electrons. The van der Waals surface area contributed by atoms with Gasteiger partial charge in [0.2, 0.25) is 0 Å². The van der Waals surface area contributed by atoms with Crippen molar-refractivity contribution in [1.82, 2.24) is 0 Å². The smallest absolute Gasteiger partial charge is 0.258 e. The number of methoxy groups -OCH3 is 1. The van der Waals surface area contributed by atoms with Crippen LogP contribution in [0.4, 0.5) is 15.8 Å². The van der Waals surface area contributed by atoms with Gasteiger partial charge < -0.3 is 15.8 Å². The molecule has 1 amide bonds. The zero-order chi connectivity index (χ0) is 15.6. The number of nitrogen functional groups attached to an aromatic ring is 1. The first-order valence-corrected chi connectivity index (χ1v) is 6.91. The van der Waals surface area contributed by atoms with Crippen molar-refractivity contribution in [3.8, 4) is 5.75 Å². The predicted octanol–water partition coefficient (Wildman–Crippen LogP) is 3.74. The van der Waals surface area contributed by atoms with Gasteiger partial charge in [-0.05, 0) is 36.8 Å². The Morgan fingerprint density at radius 1 is 1.29 bits per heavy atom. The zero-order valence-corrected chi connectivity index (χ0v) is 13.1.